The van der Waals surface area contributed by atoms with Gasteiger partial charge in [0.2, 0.25) is 5.88 Å². The van der Waals surface area contributed by atoms with Gasteiger partial charge in [0, 0.05) is 24.2 Å². The SMILES string of the molecule is COc1cc(-c2ccc3c(O)n(-c4cnn(CCn5cncn5)c4)cc3n2)cnc1OC. The van der Waals surface area contributed by atoms with Gasteiger partial charge in [-0.15, -0.1) is 0 Å². The Morgan fingerprint density at radius 3 is 2.66 bits per heavy atom. The number of aromatic nitrogens is 8. The van der Waals surface area contributed by atoms with Gasteiger partial charge in [0.1, 0.15) is 12.7 Å². The Hall–Kier alpha value is -4.41. The average Bonchev–Trinajstić information content (AvgIpc) is 3.57. The molecule has 5 rings (SSSR count). The molecule has 0 aromatic carbocycles. The van der Waals surface area contributed by atoms with Crippen molar-refractivity contribution in [1.29, 1.82) is 0 Å². The molecule has 5 aromatic rings. The Bertz CT molecular complexity index is 1370. The fourth-order valence-corrected chi connectivity index (χ4v) is 3.46. The molecule has 0 aliphatic heterocycles. The molecule has 162 valence electrons. The molecule has 11 nitrogen and oxygen atoms in total. The van der Waals surface area contributed by atoms with E-state index in [1.165, 1.54) is 13.4 Å². The summed E-state index contributed by atoms with van der Waals surface area (Å²) in [5.41, 5.74) is 2.85. The molecule has 1 N–H and O–H groups in total. The van der Waals surface area contributed by atoms with Crippen molar-refractivity contribution in [3.05, 3.63) is 55.6 Å². The first kappa shape index (κ1) is 19.5. The zero-order valence-corrected chi connectivity index (χ0v) is 17.5. The van der Waals surface area contributed by atoms with Gasteiger partial charge in [0.15, 0.2) is 5.75 Å². The molecule has 32 heavy (non-hydrogen) atoms. The second kappa shape index (κ2) is 8.02. The molecular weight excluding hydrogens is 412 g/mol. The summed E-state index contributed by atoms with van der Waals surface area (Å²) in [5.74, 6) is 1.02. The minimum atomic E-state index is 0.0975. The minimum Gasteiger partial charge on any atom is -0.494 e. The van der Waals surface area contributed by atoms with Crippen molar-refractivity contribution >= 4 is 10.9 Å². The van der Waals surface area contributed by atoms with Crippen molar-refractivity contribution in [2.24, 2.45) is 0 Å². The van der Waals surface area contributed by atoms with E-state index in [4.69, 9.17) is 14.5 Å². The van der Waals surface area contributed by atoms with E-state index in [-0.39, 0.29) is 5.88 Å². The number of aromatic hydroxyl groups is 1. The number of pyridine rings is 2. The first-order valence-corrected chi connectivity index (χ1v) is 9.81. The smallest absolute Gasteiger partial charge is 0.256 e. The highest BCUT2D eigenvalue weighted by Crippen LogP contribution is 2.33. The average molecular weight is 432 g/mol. The van der Waals surface area contributed by atoms with Gasteiger partial charge < -0.3 is 14.6 Å². The van der Waals surface area contributed by atoms with E-state index in [1.807, 2.05) is 24.4 Å². The largest absolute Gasteiger partial charge is 0.494 e. The molecule has 0 fully saturated rings. The van der Waals surface area contributed by atoms with Crippen LogP contribution in [0.5, 0.6) is 17.5 Å². The fourth-order valence-electron chi connectivity index (χ4n) is 3.46. The summed E-state index contributed by atoms with van der Waals surface area (Å²) in [5, 5.41) is 19.9. The lowest BCUT2D eigenvalue weighted by Crippen LogP contribution is -2.08. The van der Waals surface area contributed by atoms with E-state index >= 15 is 0 Å². The Morgan fingerprint density at radius 1 is 1.00 bits per heavy atom. The van der Waals surface area contributed by atoms with Crippen LogP contribution in [0.3, 0.4) is 0 Å². The van der Waals surface area contributed by atoms with Gasteiger partial charge in [-0.25, -0.2) is 15.0 Å². The number of rotatable bonds is 7. The molecule has 0 atom stereocenters. The molecular formula is C21H20N8O3. The predicted molar refractivity (Wildman–Crippen MR) is 115 cm³/mol. The van der Waals surface area contributed by atoms with Crippen LogP contribution in [-0.2, 0) is 13.1 Å². The Balaban J connectivity index is 1.44. The number of fused-ring (bicyclic) bond motifs is 1. The van der Waals surface area contributed by atoms with Crippen LogP contribution in [0.15, 0.2) is 55.6 Å². The van der Waals surface area contributed by atoms with Gasteiger partial charge in [0.05, 0.1) is 55.8 Å². The van der Waals surface area contributed by atoms with Gasteiger partial charge in [0.25, 0.3) is 5.88 Å². The van der Waals surface area contributed by atoms with Gasteiger partial charge in [-0.2, -0.15) is 10.2 Å². The third-order valence-electron chi connectivity index (χ3n) is 5.10. The molecule has 0 aliphatic rings. The van der Waals surface area contributed by atoms with Crippen LogP contribution in [0.25, 0.3) is 27.8 Å². The van der Waals surface area contributed by atoms with E-state index in [2.05, 4.69) is 20.2 Å². The topological polar surface area (TPSA) is 118 Å². The first-order chi connectivity index (χ1) is 15.7. The van der Waals surface area contributed by atoms with Crippen LogP contribution in [0, 0.1) is 0 Å². The van der Waals surface area contributed by atoms with Gasteiger partial charge in [-0.1, -0.05) is 0 Å². The van der Waals surface area contributed by atoms with Crippen molar-refractivity contribution in [2.45, 2.75) is 13.1 Å². The Kier molecular flexibility index (Phi) is 4.90. The summed E-state index contributed by atoms with van der Waals surface area (Å²) in [6, 6.07) is 5.47. The second-order valence-corrected chi connectivity index (χ2v) is 7.01. The monoisotopic (exact) mass is 432 g/mol. The number of methoxy groups -OCH3 is 2. The first-order valence-electron chi connectivity index (χ1n) is 9.81. The van der Waals surface area contributed by atoms with E-state index < -0.39 is 0 Å². The van der Waals surface area contributed by atoms with Gasteiger partial charge in [-0.05, 0) is 18.2 Å². The van der Waals surface area contributed by atoms with Crippen LogP contribution in [0.2, 0.25) is 0 Å². The zero-order chi connectivity index (χ0) is 22.1. The van der Waals surface area contributed by atoms with E-state index in [0.29, 0.717) is 41.3 Å². The Labute approximate surface area is 182 Å². The molecule has 0 amide bonds. The van der Waals surface area contributed by atoms with Crippen molar-refractivity contribution in [1.82, 2.24) is 39.1 Å². The minimum absolute atomic E-state index is 0.0975. The van der Waals surface area contributed by atoms with Crippen LogP contribution in [0.4, 0.5) is 0 Å². The summed E-state index contributed by atoms with van der Waals surface area (Å²) in [4.78, 5) is 12.9. The standard InChI is InChI=1S/C21H20N8O3/c1-31-19-7-14(8-23-20(19)32-2)17-4-3-16-18(26-17)11-29(21(16)30)15-9-24-27(10-15)5-6-28-13-22-12-25-28/h3-4,7-13,30H,5-6H2,1-2H3. The van der Waals surface area contributed by atoms with Crippen LogP contribution in [-0.4, -0.2) is 58.4 Å². The number of hydrogen-bond acceptors (Lipinski definition) is 8. The number of nitrogens with zero attached hydrogens (tertiary/aromatic N) is 8. The lowest BCUT2D eigenvalue weighted by atomic mass is 10.1. The van der Waals surface area contributed by atoms with E-state index in [9.17, 15) is 5.11 Å². The van der Waals surface area contributed by atoms with Gasteiger partial charge >= 0.3 is 0 Å². The number of aryl methyl sites for hydroxylation is 2. The van der Waals surface area contributed by atoms with Crippen molar-refractivity contribution in [3.63, 3.8) is 0 Å². The summed E-state index contributed by atoms with van der Waals surface area (Å²) >= 11 is 0. The zero-order valence-electron chi connectivity index (χ0n) is 17.5. The lowest BCUT2D eigenvalue weighted by molar-refractivity contribution is 0.343. The number of hydrogen-bond donors (Lipinski definition) is 1. The second-order valence-electron chi connectivity index (χ2n) is 7.01. The van der Waals surface area contributed by atoms with Crippen LogP contribution >= 0.6 is 0 Å². The quantitative estimate of drug-likeness (QED) is 0.416. The lowest BCUT2D eigenvalue weighted by Gasteiger charge is -2.08. The number of ether oxygens (including phenoxy) is 2. The maximum atomic E-state index is 10.8. The maximum Gasteiger partial charge on any atom is 0.256 e. The molecule has 11 heteroatoms. The molecule has 5 aromatic heterocycles. The summed E-state index contributed by atoms with van der Waals surface area (Å²) in [7, 11) is 3.10. The van der Waals surface area contributed by atoms with Crippen molar-refractivity contribution < 1.29 is 14.6 Å². The maximum absolute atomic E-state index is 10.8. The summed E-state index contributed by atoms with van der Waals surface area (Å²) in [6.45, 7) is 1.27. The molecule has 5 heterocycles. The third kappa shape index (κ3) is 3.49. The molecule has 0 saturated carbocycles. The van der Waals surface area contributed by atoms with Crippen LogP contribution < -0.4 is 9.47 Å². The molecule has 0 saturated heterocycles. The normalized spacial score (nSPS) is 11.2. The highest BCUT2D eigenvalue weighted by atomic mass is 16.5. The molecule has 0 spiro atoms. The summed E-state index contributed by atoms with van der Waals surface area (Å²) < 4.78 is 15.7. The van der Waals surface area contributed by atoms with E-state index in [1.54, 1.807) is 46.0 Å². The summed E-state index contributed by atoms with van der Waals surface area (Å²) in [6.07, 6.45) is 10.2. The van der Waals surface area contributed by atoms with Gasteiger partial charge in [-0.3, -0.25) is 13.9 Å². The third-order valence-corrected chi connectivity index (χ3v) is 5.10. The molecule has 0 bridgehead atoms. The van der Waals surface area contributed by atoms with Crippen molar-refractivity contribution in [2.75, 3.05) is 14.2 Å². The molecule has 0 unspecified atom stereocenters. The fraction of sp³-hybridized carbons (Fsp3) is 0.190. The molecule has 0 aliphatic carbocycles. The van der Waals surface area contributed by atoms with Crippen molar-refractivity contribution in [3.8, 4) is 34.5 Å². The predicted octanol–water partition coefficient (Wildman–Crippen LogP) is 2.30. The van der Waals surface area contributed by atoms with E-state index in [0.717, 1.165) is 11.3 Å². The highest BCUT2D eigenvalue weighted by Gasteiger charge is 2.15. The molecule has 0 radical (unpaired) electrons. The Morgan fingerprint density at radius 2 is 1.88 bits per heavy atom. The van der Waals surface area contributed by atoms with Crippen LogP contribution in [0.1, 0.15) is 0 Å². The highest BCUT2D eigenvalue weighted by molar-refractivity contribution is 5.87.